The first kappa shape index (κ1) is 14.4. The minimum absolute atomic E-state index is 0.489. The lowest BCUT2D eigenvalue weighted by Gasteiger charge is -2.33. The second kappa shape index (κ2) is 6.95. The molecular weight excluding hydrogens is 234 g/mol. The van der Waals surface area contributed by atoms with Gasteiger partial charge in [-0.3, -0.25) is 0 Å². The Labute approximate surface area is 117 Å². The third-order valence-electron chi connectivity index (χ3n) is 4.40. The number of hydrogen-bond donors (Lipinski definition) is 1. The van der Waals surface area contributed by atoms with Gasteiger partial charge in [-0.15, -0.1) is 0 Å². The highest BCUT2D eigenvalue weighted by Crippen LogP contribution is 2.38. The van der Waals surface area contributed by atoms with Gasteiger partial charge in [-0.2, -0.15) is 0 Å². The van der Waals surface area contributed by atoms with E-state index >= 15 is 0 Å². The third-order valence-corrected chi connectivity index (χ3v) is 4.40. The van der Waals surface area contributed by atoms with Gasteiger partial charge < -0.3 is 10.5 Å². The Morgan fingerprint density at radius 2 is 2.21 bits per heavy atom. The van der Waals surface area contributed by atoms with Crippen molar-refractivity contribution < 1.29 is 4.74 Å². The topological polar surface area (TPSA) is 35.2 Å². The second-order valence-electron chi connectivity index (χ2n) is 5.88. The van der Waals surface area contributed by atoms with E-state index in [1.165, 1.54) is 31.2 Å². The maximum Gasteiger partial charge on any atom is 0.119 e. The predicted molar refractivity (Wildman–Crippen MR) is 80.5 cm³/mol. The van der Waals surface area contributed by atoms with Gasteiger partial charge in [0, 0.05) is 0 Å². The van der Waals surface area contributed by atoms with Crippen LogP contribution in [-0.2, 0) is 0 Å². The van der Waals surface area contributed by atoms with Crippen molar-refractivity contribution in [1.29, 1.82) is 0 Å². The van der Waals surface area contributed by atoms with E-state index in [9.17, 15) is 0 Å². The molecule has 3 atom stereocenters. The van der Waals surface area contributed by atoms with Gasteiger partial charge in [0.1, 0.15) is 5.75 Å². The van der Waals surface area contributed by atoms with Gasteiger partial charge in [0.2, 0.25) is 0 Å². The normalized spacial score (nSPS) is 25.0. The van der Waals surface area contributed by atoms with Gasteiger partial charge in [0.15, 0.2) is 0 Å². The van der Waals surface area contributed by atoms with Gasteiger partial charge in [0.05, 0.1) is 6.61 Å². The van der Waals surface area contributed by atoms with Crippen LogP contribution in [0.25, 0.3) is 0 Å². The van der Waals surface area contributed by atoms with Crippen LogP contribution in [0.15, 0.2) is 24.3 Å². The van der Waals surface area contributed by atoms with Crippen LogP contribution in [0.4, 0.5) is 0 Å². The molecule has 0 heterocycles. The van der Waals surface area contributed by atoms with Gasteiger partial charge in [-0.05, 0) is 61.8 Å². The summed E-state index contributed by atoms with van der Waals surface area (Å²) in [4.78, 5) is 0. The molecule has 2 heteroatoms. The first-order valence-electron chi connectivity index (χ1n) is 7.67. The van der Waals surface area contributed by atoms with Crippen molar-refractivity contribution in [1.82, 2.24) is 0 Å². The van der Waals surface area contributed by atoms with E-state index in [1.807, 2.05) is 13.0 Å². The molecule has 1 fully saturated rings. The predicted octanol–water partition coefficient (Wildman–Crippen LogP) is 3.95. The molecule has 2 nitrogen and oxygen atoms in total. The SMILES string of the molecule is CCOc1cccc(C(CN)C2CCCC(C)C2)c1. The number of benzene rings is 1. The van der Waals surface area contributed by atoms with Gasteiger partial charge in [0.25, 0.3) is 0 Å². The lowest BCUT2D eigenvalue weighted by atomic mass is 9.73. The monoisotopic (exact) mass is 261 g/mol. The van der Waals surface area contributed by atoms with E-state index in [0.29, 0.717) is 5.92 Å². The number of ether oxygens (including phenoxy) is 1. The maximum absolute atomic E-state index is 6.06. The number of nitrogens with two attached hydrogens (primary N) is 1. The van der Waals surface area contributed by atoms with E-state index in [1.54, 1.807) is 0 Å². The zero-order valence-electron chi connectivity index (χ0n) is 12.3. The molecule has 1 aromatic carbocycles. The fourth-order valence-corrected chi connectivity index (χ4v) is 3.45. The molecule has 0 radical (unpaired) electrons. The second-order valence-corrected chi connectivity index (χ2v) is 5.88. The average molecular weight is 261 g/mol. The van der Waals surface area contributed by atoms with Crippen molar-refractivity contribution in [3.63, 3.8) is 0 Å². The molecule has 2 rings (SSSR count). The Balaban J connectivity index is 2.13. The van der Waals surface area contributed by atoms with E-state index in [2.05, 4.69) is 25.1 Å². The number of hydrogen-bond acceptors (Lipinski definition) is 2. The Kier molecular flexibility index (Phi) is 5.26. The molecule has 0 aliphatic heterocycles. The molecule has 2 N–H and O–H groups in total. The molecule has 0 bridgehead atoms. The summed E-state index contributed by atoms with van der Waals surface area (Å²) in [6.45, 7) is 5.86. The first-order chi connectivity index (χ1) is 9.24. The van der Waals surface area contributed by atoms with Crippen LogP contribution in [-0.4, -0.2) is 13.2 Å². The molecule has 0 aromatic heterocycles. The smallest absolute Gasteiger partial charge is 0.119 e. The standard InChI is InChI=1S/C17H27NO/c1-3-19-16-9-5-8-15(11-16)17(12-18)14-7-4-6-13(2)10-14/h5,8-9,11,13-14,17H,3-4,6-7,10,12,18H2,1-2H3. The van der Waals surface area contributed by atoms with Gasteiger partial charge in [-0.1, -0.05) is 31.9 Å². The first-order valence-corrected chi connectivity index (χ1v) is 7.67. The van der Waals surface area contributed by atoms with Crippen LogP contribution in [0.5, 0.6) is 5.75 Å². The molecule has 1 aliphatic carbocycles. The molecule has 0 amide bonds. The van der Waals surface area contributed by atoms with Crippen molar-refractivity contribution in [3.8, 4) is 5.75 Å². The van der Waals surface area contributed by atoms with Crippen molar-refractivity contribution in [3.05, 3.63) is 29.8 Å². The summed E-state index contributed by atoms with van der Waals surface area (Å²) < 4.78 is 5.61. The van der Waals surface area contributed by atoms with E-state index in [4.69, 9.17) is 10.5 Å². The third kappa shape index (κ3) is 3.73. The summed E-state index contributed by atoms with van der Waals surface area (Å²) in [5, 5.41) is 0. The molecule has 1 aliphatic rings. The Bertz CT molecular complexity index is 391. The van der Waals surface area contributed by atoms with Crippen molar-refractivity contribution in [2.75, 3.05) is 13.2 Å². The largest absolute Gasteiger partial charge is 0.494 e. The lowest BCUT2D eigenvalue weighted by Crippen LogP contribution is -2.26. The molecule has 1 saturated carbocycles. The van der Waals surface area contributed by atoms with Crippen molar-refractivity contribution in [2.24, 2.45) is 17.6 Å². The Hall–Kier alpha value is -1.02. The molecule has 106 valence electrons. The summed E-state index contributed by atoms with van der Waals surface area (Å²) in [6.07, 6.45) is 5.38. The average Bonchev–Trinajstić information content (AvgIpc) is 2.41. The summed E-state index contributed by atoms with van der Waals surface area (Å²) in [5.74, 6) is 3.05. The van der Waals surface area contributed by atoms with E-state index in [0.717, 1.165) is 30.7 Å². The summed E-state index contributed by atoms with van der Waals surface area (Å²) in [5.41, 5.74) is 7.42. The van der Waals surface area contributed by atoms with E-state index in [-0.39, 0.29) is 0 Å². The minimum Gasteiger partial charge on any atom is -0.494 e. The molecular formula is C17H27NO. The molecule has 3 unspecified atom stereocenters. The zero-order chi connectivity index (χ0) is 13.7. The Morgan fingerprint density at radius 1 is 1.37 bits per heavy atom. The van der Waals surface area contributed by atoms with Gasteiger partial charge in [-0.25, -0.2) is 0 Å². The zero-order valence-corrected chi connectivity index (χ0v) is 12.3. The highest BCUT2D eigenvalue weighted by Gasteiger charge is 2.27. The maximum atomic E-state index is 6.06. The van der Waals surface area contributed by atoms with Crippen molar-refractivity contribution in [2.45, 2.75) is 45.4 Å². The summed E-state index contributed by atoms with van der Waals surface area (Å²) in [6, 6.07) is 8.51. The number of rotatable bonds is 5. The molecule has 0 spiro atoms. The van der Waals surface area contributed by atoms with Crippen LogP contribution in [0, 0.1) is 11.8 Å². The highest BCUT2D eigenvalue weighted by atomic mass is 16.5. The van der Waals surface area contributed by atoms with Crippen molar-refractivity contribution >= 4 is 0 Å². The molecule has 19 heavy (non-hydrogen) atoms. The summed E-state index contributed by atoms with van der Waals surface area (Å²) in [7, 11) is 0. The summed E-state index contributed by atoms with van der Waals surface area (Å²) >= 11 is 0. The van der Waals surface area contributed by atoms with E-state index < -0.39 is 0 Å². The van der Waals surface area contributed by atoms with Crippen LogP contribution in [0.2, 0.25) is 0 Å². The van der Waals surface area contributed by atoms with Crippen LogP contribution in [0.1, 0.15) is 51.0 Å². The lowest BCUT2D eigenvalue weighted by molar-refractivity contribution is 0.247. The molecule has 0 saturated heterocycles. The van der Waals surface area contributed by atoms with Crippen LogP contribution in [0.3, 0.4) is 0 Å². The quantitative estimate of drug-likeness (QED) is 0.871. The minimum atomic E-state index is 0.489. The highest BCUT2D eigenvalue weighted by molar-refractivity contribution is 5.31. The van der Waals surface area contributed by atoms with Crippen LogP contribution < -0.4 is 10.5 Å². The molecule has 1 aromatic rings. The Morgan fingerprint density at radius 3 is 2.89 bits per heavy atom. The van der Waals surface area contributed by atoms with Gasteiger partial charge >= 0.3 is 0 Å². The fourth-order valence-electron chi connectivity index (χ4n) is 3.45. The van der Waals surface area contributed by atoms with Crippen LogP contribution >= 0.6 is 0 Å². The fraction of sp³-hybridized carbons (Fsp3) is 0.647.